The normalized spacial score (nSPS) is 17.0. The van der Waals surface area contributed by atoms with Gasteiger partial charge in [0.2, 0.25) is 0 Å². The van der Waals surface area contributed by atoms with Crippen LogP contribution in [0.2, 0.25) is 0 Å². The third kappa shape index (κ3) is 6.25. The van der Waals surface area contributed by atoms with Crippen LogP contribution in [-0.4, -0.2) is 65.6 Å². The minimum absolute atomic E-state index is 0.0958. The van der Waals surface area contributed by atoms with E-state index in [-0.39, 0.29) is 23.5 Å². The highest BCUT2D eigenvalue weighted by atomic mass is 16.6. The summed E-state index contributed by atoms with van der Waals surface area (Å²) in [5.74, 6) is 0.665. The van der Waals surface area contributed by atoms with Crippen molar-refractivity contribution < 1.29 is 19.1 Å². The van der Waals surface area contributed by atoms with Gasteiger partial charge in [-0.15, -0.1) is 0 Å². The molecule has 2 aliphatic heterocycles. The third-order valence-electron chi connectivity index (χ3n) is 8.45. The summed E-state index contributed by atoms with van der Waals surface area (Å²) in [6.45, 7) is 13.0. The zero-order valence-electron chi connectivity index (χ0n) is 25.9. The molecule has 2 aromatic carbocycles. The maximum Gasteiger partial charge on any atom is 0.410 e. The smallest absolute Gasteiger partial charge is 0.410 e. The van der Waals surface area contributed by atoms with E-state index in [1.165, 1.54) is 0 Å². The van der Waals surface area contributed by atoms with Gasteiger partial charge in [-0.05, 0) is 82.9 Å². The molecule has 1 aromatic heterocycles. The number of benzene rings is 2. The molecule has 224 valence electrons. The molecule has 0 unspecified atom stereocenters. The van der Waals surface area contributed by atoms with Gasteiger partial charge in [0.05, 0.1) is 19.3 Å². The first-order valence-corrected chi connectivity index (χ1v) is 14.7. The van der Waals surface area contributed by atoms with Crippen LogP contribution in [0.5, 0.6) is 5.75 Å². The number of aryl methyl sites for hydroxylation is 2. The Balaban J connectivity index is 1.22. The zero-order valence-corrected chi connectivity index (χ0v) is 25.9. The van der Waals surface area contributed by atoms with Gasteiger partial charge in [-0.25, -0.2) is 4.79 Å². The van der Waals surface area contributed by atoms with E-state index in [1.54, 1.807) is 11.8 Å². The fraction of sp³-hybridized carbons (Fsp3) is 0.485. The van der Waals surface area contributed by atoms with Crippen LogP contribution in [0.25, 0.3) is 11.1 Å². The van der Waals surface area contributed by atoms with Crippen LogP contribution in [0.3, 0.4) is 0 Å². The molecule has 0 radical (unpaired) electrons. The number of rotatable bonds is 6. The largest absolute Gasteiger partial charge is 0.496 e. The Morgan fingerprint density at radius 2 is 1.79 bits per heavy atom. The van der Waals surface area contributed by atoms with Crippen LogP contribution in [0.15, 0.2) is 48.8 Å². The van der Waals surface area contributed by atoms with Crippen molar-refractivity contribution in [2.45, 2.75) is 59.1 Å². The van der Waals surface area contributed by atoms with Crippen molar-refractivity contribution in [2.75, 3.05) is 38.2 Å². The maximum absolute atomic E-state index is 13.5. The van der Waals surface area contributed by atoms with Gasteiger partial charge in [0.25, 0.3) is 5.91 Å². The van der Waals surface area contributed by atoms with E-state index in [0.717, 1.165) is 72.7 Å². The van der Waals surface area contributed by atoms with Gasteiger partial charge in [-0.1, -0.05) is 12.1 Å². The Labute approximate surface area is 248 Å². The lowest BCUT2D eigenvalue weighted by Crippen LogP contribution is -2.61. The lowest BCUT2D eigenvalue weighted by atomic mass is 9.71. The first-order valence-electron chi connectivity index (χ1n) is 14.7. The van der Waals surface area contributed by atoms with E-state index in [1.807, 2.05) is 83.2 Å². The minimum Gasteiger partial charge on any atom is -0.496 e. The highest BCUT2D eigenvalue weighted by Gasteiger charge is 2.46. The Bertz CT molecular complexity index is 1460. The molecular formula is C33H43N5O4. The van der Waals surface area contributed by atoms with Gasteiger partial charge in [0, 0.05) is 67.2 Å². The van der Waals surface area contributed by atoms with Gasteiger partial charge in [-0.3, -0.25) is 9.48 Å². The molecule has 2 aliphatic rings. The average Bonchev–Trinajstić information content (AvgIpc) is 3.36. The van der Waals surface area contributed by atoms with E-state index >= 15 is 0 Å². The maximum atomic E-state index is 13.5. The average molecular weight is 574 g/mol. The number of ether oxygens (including phenoxy) is 2. The summed E-state index contributed by atoms with van der Waals surface area (Å²) in [4.78, 5) is 30.1. The molecule has 0 bridgehead atoms. The third-order valence-corrected chi connectivity index (χ3v) is 8.45. The summed E-state index contributed by atoms with van der Waals surface area (Å²) < 4.78 is 12.9. The number of nitrogens with zero attached hydrogens (tertiary/aromatic N) is 4. The molecule has 0 aliphatic carbocycles. The van der Waals surface area contributed by atoms with E-state index in [4.69, 9.17) is 9.47 Å². The van der Waals surface area contributed by atoms with Crippen molar-refractivity contribution in [1.82, 2.24) is 20.0 Å². The summed E-state index contributed by atoms with van der Waals surface area (Å²) in [7, 11) is 3.54. The molecule has 3 heterocycles. The summed E-state index contributed by atoms with van der Waals surface area (Å²) in [6, 6.07) is 11.9. The highest BCUT2D eigenvalue weighted by Crippen LogP contribution is 2.43. The van der Waals surface area contributed by atoms with Crippen molar-refractivity contribution in [3.63, 3.8) is 0 Å². The lowest BCUT2D eigenvalue weighted by molar-refractivity contribution is 0.00597. The van der Waals surface area contributed by atoms with Gasteiger partial charge in [0.15, 0.2) is 0 Å². The number of nitrogens with one attached hydrogen (secondary N) is 1. The molecule has 2 fully saturated rings. The van der Waals surface area contributed by atoms with E-state index in [0.29, 0.717) is 5.56 Å². The topological polar surface area (TPSA) is 88.9 Å². The molecule has 2 amide bonds. The second-order valence-electron chi connectivity index (χ2n) is 12.9. The minimum atomic E-state index is -0.482. The first-order chi connectivity index (χ1) is 19.9. The number of piperidine rings is 1. The predicted molar refractivity (Wildman–Crippen MR) is 164 cm³/mol. The second kappa shape index (κ2) is 11.3. The molecule has 3 aromatic rings. The Morgan fingerprint density at radius 1 is 1.07 bits per heavy atom. The molecule has 9 heteroatoms. The monoisotopic (exact) mass is 573 g/mol. The van der Waals surface area contributed by atoms with E-state index < -0.39 is 5.60 Å². The quantitative estimate of drug-likeness (QED) is 0.405. The summed E-state index contributed by atoms with van der Waals surface area (Å²) in [5.41, 5.74) is 5.29. The number of anilines is 1. The van der Waals surface area contributed by atoms with Crippen molar-refractivity contribution >= 4 is 17.7 Å². The Kier molecular flexibility index (Phi) is 7.96. The van der Waals surface area contributed by atoms with Crippen LogP contribution < -0.4 is 15.0 Å². The SMILES string of the molecule is COc1ccc([C@@H](C)NC(=O)c2cc(N3CC4(CCN(C(=O)OC(C)(C)C)CC4)C3)ccc2C)cc1-c1cnn(C)c1. The number of hydrogen-bond donors (Lipinski definition) is 1. The molecule has 5 rings (SSSR count). The number of likely N-dealkylation sites (tertiary alicyclic amines) is 1. The molecule has 1 spiro atoms. The standard InChI is InChI=1S/C33H43N5O4/c1-22-8-10-26(38-20-33(21-38)12-14-37(15-13-33)31(40)42-32(3,4)5)17-27(22)30(39)35-23(2)24-9-11-29(41-7)28(16-24)25-18-34-36(6)19-25/h8-11,16-19,23H,12-15,20-21H2,1-7H3,(H,35,39)/t23-/m1/s1. The van der Waals surface area contributed by atoms with Crippen LogP contribution in [0.1, 0.15) is 68.1 Å². The number of carbonyl (C=O) groups excluding carboxylic acids is 2. The van der Waals surface area contributed by atoms with Crippen molar-refractivity contribution in [3.05, 3.63) is 65.5 Å². The first kappa shape index (κ1) is 29.5. The highest BCUT2D eigenvalue weighted by molar-refractivity contribution is 5.97. The predicted octanol–water partition coefficient (Wildman–Crippen LogP) is 5.73. The van der Waals surface area contributed by atoms with Crippen molar-refractivity contribution in [1.29, 1.82) is 0 Å². The number of aromatic nitrogens is 2. The lowest BCUT2D eigenvalue weighted by Gasteiger charge is -2.55. The fourth-order valence-electron chi connectivity index (χ4n) is 5.94. The van der Waals surface area contributed by atoms with Crippen LogP contribution in [0, 0.1) is 12.3 Å². The fourth-order valence-corrected chi connectivity index (χ4v) is 5.94. The van der Waals surface area contributed by atoms with Crippen LogP contribution in [0.4, 0.5) is 10.5 Å². The molecule has 1 atom stereocenters. The van der Waals surface area contributed by atoms with E-state index in [2.05, 4.69) is 27.4 Å². The summed E-state index contributed by atoms with van der Waals surface area (Å²) in [6.07, 6.45) is 5.46. The molecule has 0 saturated carbocycles. The molecule has 9 nitrogen and oxygen atoms in total. The summed E-state index contributed by atoms with van der Waals surface area (Å²) >= 11 is 0. The van der Waals surface area contributed by atoms with Gasteiger partial charge in [-0.2, -0.15) is 5.10 Å². The van der Waals surface area contributed by atoms with Gasteiger partial charge >= 0.3 is 6.09 Å². The number of methoxy groups -OCH3 is 1. The van der Waals surface area contributed by atoms with E-state index in [9.17, 15) is 9.59 Å². The number of carbonyl (C=O) groups is 2. The summed E-state index contributed by atoms with van der Waals surface area (Å²) in [5, 5.41) is 7.49. The van der Waals surface area contributed by atoms with Crippen LogP contribution >= 0.6 is 0 Å². The Morgan fingerprint density at radius 3 is 2.40 bits per heavy atom. The molecule has 2 saturated heterocycles. The molecule has 42 heavy (non-hydrogen) atoms. The van der Waals surface area contributed by atoms with Gasteiger partial charge in [0.1, 0.15) is 11.4 Å². The van der Waals surface area contributed by atoms with Crippen molar-refractivity contribution in [3.8, 4) is 16.9 Å². The zero-order chi connectivity index (χ0) is 30.2. The number of hydrogen-bond acceptors (Lipinski definition) is 6. The second-order valence-corrected chi connectivity index (χ2v) is 12.9. The van der Waals surface area contributed by atoms with Gasteiger partial charge < -0.3 is 24.6 Å². The molecular weight excluding hydrogens is 530 g/mol. The number of amides is 2. The Hall–Kier alpha value is -4.01. The van der Waals surface area contributed by atoms with Crippen LogP contribution in [-0.2, 0) is 11.8 Å². The molecule has 1 N–H and O–H groups in total. The van der Waals surface area contributed by atoms with Crippen molar-refractivity contribution in [2.24, 2.45) is 12.5 Å².